The minimum absolute atomic E-state index is 0.800. The van der Waals surface area contributed by atoms with Crippen molar-refractivity contribution in [3.05, 3.63) is 72.0 Å². The van der Waals surface area contributed by atoms with Gasteiger partial charge in [0.1, 0.15) is 7.85 Å². The summed E-state index contributed by atoms with van der Waals surface area (Å²) < 4.78 is -2.05. The standard InChI is InChI=1S/C31H47BN2S2/c1-4-5-6-7-8-9-10-11-12-13-14-15-16-17-18-20-25(2)23-26-21-19-22-28-29(26)27(24-34-28)30(3,35)31(32,33)36/h8-9,11-12,19,21-22,24,34-36H,2,4-7,10,13-18,20,23,33H2,1,3H3/b9-8-,12-11-. The highest BCUT2D eigenvalue weighted by Gasteiger charge is 2.38. The Morgan fingerprint density at radius 3 is 2.31 bits per heavy atom. The molecule has 0 spiro atoms. The molecule has 2 unspecified atom stereocenters. The van der Waals surface area contributed by atoms with E-state index >= 15 is 0 Å². The van der Waals surface area contributed by atoms with Crippen LogP contribution in [-0.4, -0.2) is 17.6 Å². The Balaban J connectivity index is 1.69. The van der Waals surface area contributed by atoms with Crippen LogP contribution in [0.1, 0.15) is 102 Å². The summed E-state index contributed by atoms with van der Waals surface area (Å²) in [5, 5.41) is 1.13. The van der Waals surface area contributed by atoms with Crippen molar-refractivity contribution in [2.45, 2.75) is 107 Å². The third-order valence-electron chi connectivity index (χ3n) is 7.02. The molecule has 2 nitrogen and oxygen atoms in total. The van der Waals surface area contributed by atoms with Gasteiger partial charge in [-0.05, 0) is 75.5 Å². The Morgan fingerprint density at radius 2 is 1.64 bits per heavy atom. The molecule has 2 rings (SSSR count). The van der Waals surface area contributed by atoms with Crippen molar-refractivity contribution in [1.29, 1.82) is 0 Å². The SMILES string of the molecule is [B]C(N)(S)C(C)(S)c1c[nH]c2cccc(CC(=C)CCCCCCC/C=C\C/C=C\CCCCC)c12. The molecule has 0 amide bonds. The van der Waals surface area contributed by atoms with Crippen molar-refractivity contribution in [2.24, 2.45) is 5.73 Å². The largest absolute Gasteiger partial charge is 0.361 e. The van der Waals surface area contributed by atoms with E-state index in [0.29, 0.717) is 0 Å². The summed E-state index contributed by atoms with van der Waals surface area (Å²) in [6, 6.07) is 6.32. The van der Waals surface area contributed by atoms with E-state index in [1.165, 1.54) is 75.3 Å². The molecule has 0 saturated carbocycles. The van der Waals surface area contributed by atoms with Crippen LogP contribution in [0.15, 0.2) is 60.9 Å². The number of aromatic nitrogens is 1. The minimum Gasteiger partial charge on any atom is -0.361 e. The zero-order valence-corrected chi connectivity index (χ0v) is 24.4. The molecule has 196 valence electrons. The van der Waals surface area contributed by atoms with Crippen molar-refractivity contribution in [3.63, 3.8) is 0 Å². The smallest absolute Gasteiger partial charge is 0.112 e. The average molecular weight is 523 g/mol. The van der Waals surface area contributed by atoms with Gasteiger partial charge in [0.25, 0.3) is 0 Å². The fraction of sp³-hybridized carbons (Fsp3) is 0.548. The number of benzene rings is 1. The maximum atomic E-state index is 6.14. The van der Waals surface area contributed by atoms with E-state index in [0.717, 1.165) is 35.7 Å². The van der Waals surface area contributed by atoms with Crippen molar-refractivity contribution in [3.8, 4) is 0 Å². The Kier molecular flexibility index (Phi) is 13.6. The molecule has 1 heterocycles. The highest BCUT2D eigenvalue weighted by Crippen LogP contribution is 2.42. The van der Waals surface area contributed by atoms with E-state index in [1.807, 2.05) is 13.1 Å². The lowest BCUT2D eigenvalue weighted by Gasteiger charge is -2.37. The fourth-order valence-electron chi connectivity index (χ4n) is 4.55. The number of aromatic amines is 1. The third-order valence-corrected chi connectivity index (χ3v) is 8.25. The molecule has 0 saturated heterocycles. The second-order valence-electron chi connectivity index (χ2n) is 10.3. The maximum Gasteiger partial charge on any atom is 0.112 e. The zero-order valence-electron chi connectivity index (χ0n) is 22.6. The number of unbranched alkanes of at least 4 members (excludes halogenated alkanes) is 8. The number of thiol groups is 2. The van der Waals surface area contributed by atoms with Gasteiger partial charge in [-0.2, -0.15) is 25.3 Å². The van der Waals surface area contributed by atoms with Crippen molar-refractivity contribution < 1.29 is 0 Å². The molecule has 2 radical (unpaired) electrons. The molecule has 5 heteroatoms. The number of nitrogens with two attached hydrogens (primary N) is 1. The summed E-state index contributed by atoms with van der Waals surface area (Å²) in [4.78, 5) is 3.35. The molecular formula is C31H47BN2S2. The first-order valence-electron chi connectivity index (χ1n) is 13.8. The lowest BCUT2D eigenvalue weighted by molar-refractivity contribution is 0.614. The van der Waals surface area contributed by atoms with E-state index in [9.17, 15) is 0 Å². The van der Waals surface area contributed by atoms with Crippen LogP contribution in [0.2, 0.25) is 0 Å². The second kappa shape index (κ2) is 15.8. The van der Waals surface area contributed by atoms with E-state index < -0.39 is 9.52 Å². The molecule has 0 aliphatic heterocycles. The molecule has 2 aromatic rings. The Morgan fingerprint density at radius 1 is 1.00 bits per heavy atom. The van der Waals surface area contributed by atoms with Gasteiger partial charge in [0.05, 0.1) is 4.75 Å². The van der Waals surface area contributed by atoms with Gasteiger partial charge in [-0.1, -0.05) is 87.6 Å². The topological polar surface area (TPSA) is 41.8 Å². The second-order valence-corrected chi connectivity index (χ2v) is 12.0. The number of H-pyrrole nitrogens is 1. The molecule has 3 N–H and O–H groups in total. The monoisotopic (exact) mass is 522 g/mol. The number of hydrogen-bond acceptors (Lipinski definition) is 3. The summed E-state index contributed by atoms with van der Waals surface area (Å²) >= 11 is 9.21. The quantitative estimate of drug-likeness (QED) is 0.0510. The number of fused-ring (bicyclic) bond motifs is 1. The molecule has 1 aromatic carbocycles. The lowest BCUT2D eigenvalue weighted by atomic mass is 9.78. The van der Waals surface area contributed by atoms with Gasteiger partial charge in [0.15, 0.2) is 0 Å². The van der Waals surface area contributed by atoms with Gasteiger partial charge in [-0.3, -0.25) is 0 Å². The predicted molar refractivity (Wildman–Crippen MR) is 168 cm³/mol. The van der Waals surface area contributed by atoms with Gasteiger partial charge in [0, 0.05) is 21.9 Å². The first kappa shape index (κ1) is 30.9. The van der Waals surface area contributed by atoms with Gasteiger partial charge in [-0.25, -0.2) is 0 Å². The Labute approximate surface area is 232 Å². The average Bonchev–Trinajstić information content (AvgIpc) is 3.27. The maximum absolute atomic E-state index is 6.14. The third kappa shape index (κ3) is 9.87. The van der Waals surface area contributed by atoms with Crippen LogP contribution in [0.4, 0.5) is 0 Å². The van der Waals surface area contributed by atoms with Crippen LogP contribution >= 0.6 is 25.3 Å². The molecule has 0 fully saturated rings. The molecule has 36 heavy (non-hydrogen) atoms. The molecule has 0 aliphatic carbocycles. The highest BCUT2D eigenvalue weighted by atomic mass is 32.1. The summed E-state index contributed by atoms with van der Waals surface area (Å²) in [6.45, 7) is 8.55. The minimum atomic E-state index is -1.25. The number of allylic oxidation sites excluding steroid dienone is 5. The number of hydrogen-bond donors (Lipinski definition) is 4. The lowest BCUT2D eigenvalue weighted by Crippen LogP contribution is -2.49. The number of rotatable bonds is 18. The van der Waals surface area contributed by atoms with E-state index in [2.05, 4.69) is 73.6 Å². The Bertz CT molecular complexity index is 982. The van der Waals surface area contributed by atoms with Crippen molar-refractivity contribution >= 4 is 44.0 Å². The number of nitrogens with one attached hydrogen (secondary N) is 1. The van der Waals surface area contributed by atoms with Gasteiger partial charge >= 0.3 is 0 Å². The van der Waals surface area contributed by atoms with Gasteiger partial charge in [-0.15, -0.1) is 0 Å². The van der Waals surface area contributed by atoms with Crippen LogP contribution in [-0.2, 0) is 11.2 Å². The summed E-state index contributed by atoms with van der Waals surface area (Å²) in [5.74, 6) is 0. The van der Waals surface area contributed by atoms with E-state index in [4.69, 9.17) is 26.2 Å². The zero-order chi connectivity index (χ0) is 26.4. The van der Waals surface area contributed by atoms with Gasteiger partial charge in [0.2, 0.25) is 0 Å². The summed E-state index contributed by atoms with van der Waals surface area (Å²) in [7, 11) is 6.14. The van der Waals surface area contributed by atoms with Crippen LogP contribution in [0.25, 0.3) is 10.9 Å². The van der Waals surface area contributed by atoms with E-state index in [-0.39, 0.29) is 0 Å². The normalized spacial score (nSPS) is 15.6. The first-order valence-corrected chi connectivity index (χ1v) is 14.7. The molecular weight excluding hydrogens is 475 g/mol. The van der Waals surface area contributed by atoms with E-state index in [1.54, 1.807) is 0 Å². The summed E-state index contributed by atoms with van der Waals surface area (Å²) in [5.41, 5.74) is 10.7. The molecule has 0 aliphatic rings. The predicted octanol–water partition coefficient (Wildman–Crippen LogP) is 8.94. The fourth-order valence-corrected chi connectivity index (χ4v) is 4.85. The van der Waals surface area contributed by atoms with Gasteiger partial charge < -0.3 is 10.7 Å². The van der Waals surface area contributed by atoms with Crippen LogP contribution in [0.5, 0.6) is 0 Å². The van der Waals surface area contributed by atoms with Crippen LogP contribution in [0, 0.1) is 0 Å². The van der Waals surface area contributed by atoms with Crippen LogP contribution in [0.3, 0.4) is 0 Å². The van der Waals surface area contributed by atoms with Crippen molar-refractivity contribution in [2.75, 3.05) is 0 Å². The van der Waals surface area contributed by atoms with Crippen molar-refractivity contribution in [1.82, 2.24) is 4.98 Å². The van der Waals surface area contributed by atoms with Crippen LogP contribution < -0.4 is 5.73 Å². The Hall–Kier alpha value is -1.30. The first-order chi connectivity index (χ1) is 17.2. The molecule has 1 aromatic heterocycles. The highest BCUT2D eigenvalue weighted by molar-refractivity contribution is 7.87. The summed E-state index contributed by atoms with van der Waals surface area (Å²) in [6.07, 6.45) is 27.0. The molecule has 2 atom stereocenters. The molecule has 0 bridgehead atoms.